The van der Waals surface area contributed by atoms with Gasteiger partial charge in [0.25, 0.3) is 5.92 Å². The number of amides is 1. The standard InChI is InChI=1S/C18H20F5NO3/c1-11(12-3-2-4-14(9-12)18(21,22)23)16(27)24-7-5-13(10-15(25)26)17(19,20)6-8-24/h2-4,9,11,13H,5-8,10H2,1H3,(H,25,26). The lowest BCUT2D eigenvalue weighted by atomic mass is 9.93. The molecule has 4 nitrogen and oxygen atoms in total. The lowest BCUT2D eigenvalue weighted by molar-refractivity contribution is -0.143. The zero-order valence-corrected chi connectivity index (χ0v) is 14.6. The molecule has 0 saturated carbocycles. The van der Waals surface area contributed by atoms with E-state index in [1.807, 2.05) is 0 Å². The molecule has 0 spiro atoms. The number of likely N-dealkylation sites (tertiary alicyclic amines) is 1. The van der Waals surface area contributed by atoms with Crippen molar-refractivity contribution in [1.82, 2.24) is 4.90 Å². The van der Waals surface area contributed by atoms with E-state index in [2.05, 4.69) is 0 Å². The minimum absolute atomic E-state index is 0.0598. The van der Waals surface area contributed by atoms with Gasteiger partial charge in [0.05, 0.1) is 17.9 Å². The van der Waals surface area contributed by atoms with Crippen molar-refractivity contribution in [3.63, 3.8) is 0 Å². The number of carboxylic acid groups (broad SMARTS) is 1. The number of alkyl halides is 5. The van der Waals surface area contributed by atoms with Crippen molar-refractivity contribution < 1.29 is 36.6 Å². The van der Waals surface area contributed by atoms with Crippen LogP contribution in [0, 0.1) is 5.92 Å². The van der Waals surface area contributed by atoms with E-state index in [4.69, 9.17) is 5.11 Å². The van der Waals surface area contributed by atoms with Crippen LogP contribution < -0.4 is 0 Å². The van der Waals surface area contributed by atoms with Crippen LogP contribution in [0.25, 0.3) is 0 Å². The second-order valence-electron chi connectivity index (χ2n) is 6.76. The van der Waals surface area contributed by atoms with E-state index in [-0.39, 0.29) is 25.1 Å². The molecule has 1 aliphatic rings. The van der Waals surface area contributed by atoms with E-state index >= 15 is 0 Å². The Kier molecular flexibility index (Phi) is 6.11. The second-order valence-corrected chi connectivity index (χ2v) is 6.76. The van der Waals surface area contributed by atoms with Crippen LogP contribution in [0.5, 0.6) is 0 Å². The highest BCUT2D eigenvalue weighted by molar-refractivity contribution is 5.83. The highest BCUT2D eigenvalue weighted by Gasteiger charge is 2.43. The van der Waals surface area contributed by atoms with Crippen LogP contribution in [0.4, 0.5) is 22.0 Å². The molecule has 0 aliphatic carbocycles. The Morgan fingerprint density at radius 3 is 2.56 bits per heavy atom. The quantitative estimate of drug-likeness (QED) is 0.782. The van der Waals surface area contributed by atoms with Crippen LogP contribution >= 0.6 is 0 Å². The molecule has 27 heavy (non-hydrogen) atoms. The molecule has 1 saturated heterocycles. The van der Waals surface area contributed by atoms with Gasteiger partial charge in [0.2, 0.25) is 5.91 Å². The van der Waals surface area contributed by atoms with Gasteiger partial charge in [-0.15, -0.1) is 0 Å². The number of carbonyl (C=O) groups excluding carboxylic acids is 1. The first-order valence-electron chi connectivity index (χ1n) is 8.47. The number of hydrogen-bond donors (Lipinski definition) is 1. The Labute approximate surface area is 153 Å². The van der Waals surface area contributed by atoms with Crippen molar-refractivity contribution >= 4 is 11.9 Å². The minimum atomic E-state index is -4.55. The van der Waals surface area contributed by atoms with E-state index in [1.54, 1.807) is 0 Å². The molecular formula is C18H20F5NO3. The average molecular weight is 393 g/mol. The first-order chi connectivity index (χ1) is 12.4. The third kappa shape index (κ3) is 5.17. The number of carbonyl (C=O) groups is 2. The summed E-state index contributed by atoms with van der Waals surface area (Å²) in [6.45, 7) is 1.09. The van der Waals surface area contributed by atoms with Crippen LogP contribution in [0.3, 0.4) is 0 Å². The molecule has 0 bridgehead atoms. The zero-order chi connectivity index (χ0) is 20.4. The number of aliphatic carboxylic acids is 1. The Morgan fingerprint density at radius 2 is 1.96 bits per heavy atom. The largest absolute Gasteiger partial charge is 0.481 e. The van der Waals surface area contributed by atoms with Crippen molar-refractivity contribution in [2.24, 2.45) is 5.92 Å². The summed E-state index contributed by atoms with van der Waals surface area (Å²) in [6, 6.07) is 4.35. The second kappa shape index (κ2) is 7.82. The third-order valence-electron chi connectivity index (χ3n) is 4.88. The van der Waals surface area contributed by atoms with Gasteiger partial charge in [0.1, 0.15) is 0 Å². The smallest absolute Gasteiger partial charge is 0.416 e. The fourth-order valence-electron chi connectivity index (χ4n) is 3.21. The summed E-state index contributed by atoms with van der Waals surface area (Å²) >= 11 is 0. The molecule has 2 unspecified atom stereocenters. The van der Waals surface area contributed by atoms with Gasteiger partial charge in [-0.25, -0.2) is 8.78 Å². The summed E-state index contributed by atoms with van der Waals surface area (Å²) in [5.41, 5.74) is -0.739. The third-order valence-corrected chi connectivity index (χ3v) is 4.88. The molecule has 1 heterocycles. The molecule has 1 aromatic carbocycles. The molecule has 1 amide bonds. The first-order valence-corrected chi connectivity index (χ1v) is 8.47. The molecule has 2 atom stereocenters. The van der Waals surface area contributed by atoms with Crippen LogP contribution in [-0.4, -0.2) is 40.9 Å². The zero-order valence-electron chi connectivity index (χ0n) is 14.6. The predicted molar refractivity (Wildman–Crippen MR) is 86.4 cm³/mol. The van der Waals surface area contributed by atoms with Gasteiger partial charge >= 0.3 is 12.1 Å². The van der Waals surface area contributed by atoms with Gasteiger partial charge in [-0.2, -0.15) is 13.2 Å². The Balaban J connectivity index is 2.14. The maximum Gasteiger partial charge on any atom is 0.416 e. The molecule has 150 valence electrons. The number of halogens is 5. The first kappa shape index (κ1) is 21.1. The van der Waals surface area contributed by atoms with E-state index in [0.717, 1.165) is 12.1 Å². The van der Waals surface area contributed by atoms with Crippen molar-refractivity contribution in [2.45, 2.75) is 44.2 Å². The number of rotatable bonds is 4. The highest BCUT2D eigenvalue weighted by Crippen LogP contribution is 2.37. The number of hydrogen-bond acceptors (Lipinski definition) is 2. The molecule has 1 fully saturated rings. The van der Waals surface area contributed by atoms with Crippen molar-refractivity contribution in [2.75, 3.05) is 13.1 Å². The number of nitrogens with zero attached hydrogens (tertiary/aromatic N) is 1. The van der Waals surface area contributed by atoms with Crippen molar-refractivity contribution in [3.8, 4) is 0 Å². The van der Waals surface area contributed by atoms with Gasteiger partial charge in [-0.1, -0.05) is 18.2 Å². The molecule has 2 rings (SSSR count). The van der Waals surface area contributed by atoms with Gasteiger partial charge in [-0.3, -0.25) is 9.59 Å². The Bertz CT molecular complexity index is 704. The Hall–Kier alpha value is -2.19. The van der Waals surface area contributed by atoms with E-state index < -0.39 is 54.2 Å². The van der Waals surface area contributed by atoms with Gasteiger partial charge < -0.3 is 10.0 Å². The summed E-state index contributed by atoms with van der Waals surface area (Å²) in [5.74, 6) is -7.42. The van der Waals surface area contributed by atoms with Gasteiger partial charge in [-0.05, 0) is 25.0 Å². The Morgan fingerprint density at radius 1 is 1.30 bits per heavy atom. The SMILES string of the molecule is CC(C(=O)N1CCC(CC(=O)O)C(F)(F)CC1)c1cccc(C(F)(F)F)c1. The van der Waals surface area contributed by atoms with Crippen molar-refractivity contribution in [3.05, 3.63) is 35.4 Å². The summed E-state index contributed by atoms with van der Waals surface area (Å²) in [4.78, 5) is 24.6. The summed E-state index contributed by atoms with van der Waals surface area (Å²) in [6.07, 6.45) is -6.10. The molecule has 1 N–H and O–H groups in total. The maximum atomic E-state index is 14.1. The van der Waals surface area contributed by atoms with Gasteiger partial charge in [0.15, 0.2) is 0 Å². The van der Waals surface area contributed by atoms with Crippen LogP contribution in [0.1, 0.15) is 43.2 Å². The lowest BCUT2D eigenvalue weighted by Crippen LogP contribution is -2.35. The molecule has 0 radical (unpaired) electrons. The number of benzene rings is 1. The van der Waals surface area contributed by atoms with E-state index in [9.17, 15) is 31.5 Å². The summed E-state index contributed by atoms with van der Waals surface area (Å²) in [5, 5.41) is 8.79. The fourth-order valence-corrected chi connectivity index (χ4v) is 3.21. The van der Waals surface area contributed by atoms with Crippen molar-refractivity contribution in [1.29, 1.82) is 0 Å². The molecule has 1 aromatic rings. The normalized spacial score (nSPS) is 21.4. The van der Waals surface area contributed by atoms with Crippen LogP contribution in [0.2, 0.25) is 0 Å². The summed E-state index contributed by atoms with van der Waals surface area (Å²) < 4.78 is 66.8. The fraction of sp³-hybridized carbons (Fsp3) is 0.556. The average Bonchev–Trinajstić information content (AvgIpc) is 2.72. The highest BCUT2D eigenvalue weighted by atomic mass is 19.4. The van der Waals surface area contributed by atoms with Gasteiger partial charge in [0, 0.05) is 25.4 Å². The molecular weight excluding hydrogens is 373 g/mol. The maximum absolute atomic E-state index is 14.1. The van der Waals surface area contributed by atoms with E-state index in [1.165, 1.54) is 24.0 Å². The minimum Gasteiger partial charge on any atom is -0.481 e. The molecule has 0 aromatic heterocycles. The lowest BCUT2D eigenvalue weighted by Gasteiger charge is -2.24. The predicted octanol–water partition coefficient (Wildman–Crippen LogP) is 4.16. The summed E-state index contributed by atoms with van der Waals surface area (Å²) in [7, 11) is 0. The number of carboxylic acids is 1. The van der Waals surface area contributed by atoms with E-state index in [0.29, 0.717) is 0 Å². The molecule has 1 aliphatic heterocycles. The molecule has 9 heteroatoms. The van der Waals surface area contributed by atoms with Crippen LogP contribution in [0.15, 0.2) is 24.3 Å². The monoisotopic (exact) mass is 393 g/mol. The topological polar surface area (TPSA) is 57.6 Å². The van der Waals surface area contributed by atoms with Crippen LogP contribution in [-0.2, 0) is 15.8 Å².